The lowest BCUT2D eigenvalue weighted by atomic mass is 10.1. The second kappa shape index (κ2) is 5.50. The Hall–Kier alpha value is -2.08. The topological polar surface area (TPSA) is 64.0 Å². The SMILES string of the molecule is Cc1cc([C@@H]2CN(c3ccncn3)CCO2)nc(C)n1. The summed E-state index contributed by atoms with van der Waals surface area (Å²) in [6.45, 7) is 6.12. The molecule has 2 aromatic heterocycles. The zero-order chi connectivity index (χ0) is 13.9. The van der Waals surface area contributed by atoms with Gasteiger partial charge in [0.25, 0.3) is 0 Å². The van der Waals surface area contributed by atoms with Gasteiger partial charge in [0.05, 0.1) is 18.8 Å². The van der Waals surface area contributed by atoms with Gasteiger partial charge in [0, 0.05) is 18.4 Å². The van der Waals surface area contributed by atoms with Crippen molar-refractivity contribution in [3.63, 3.8) is 0 Å². The van der Waals surface area contributed by atoms with Crippen molar-refractivity contribution in [2.75, 3.05) is 24.6 Å². The summed E-state index contributed by atoms with van der Waals surface area (Å²) in [6.07, 6.45) is 3.28. The minimum absolute atomic E-state index is 0.0425. The molecule has 3 heterocycles. The Morgan fingerprint density at radius 1 is 1.30 bits per heavy atom. The molecule has 3 rings (SSSR count). The van der Waals surface area contributed by atoms with Gasteiger partial charge in [-0.1, -0.05) is 0 Å². The molecule has 0 saturated carbocycles. The number of hydrogen-bond acceptors (Lipinski definition) is 6. The maximum atomic E-state index is 5.85. The predicted octanol–water partition coefficient (Wildman–Crippen LogP) is 1.46. The molecule has 6 heteroatoms. The average molecular weight is 271 g/mol. The third kappa shape index (κ3) is 2.75. The molecular formula is C14H17N5O. The molecule has 1 atom stereocenters. The summed E-state index contributed by atoms with van der Waals surface area (Å²) in [5.74, 6) is 1.71. The van der Waals surface area contributed by atoms with E-state index in [-0.39, 0.29) is 6.10 Å². The van der Waals surface area contributed by atoms with E-state index in [0.717, 1.165) is 36.1 Å². The van der Waals surface area contributed by atoms with Crippen LogP contribution in [0.5, 0.6) is 0 Å². The van der Waals surface area contributed by atoms with Crippen molar-refractivity contribution in [1.82, 2.24) is 19.9 Å². The number of hydrogen-bond donors (Lipinski definition) is 0. The summed E-state index contributed by atoms with van der Waals surface area (Å²) in [5, 5.41) is 0. The van der Waals surface area contributed by atoms with Crippen molar-refractivity contribution >= 4 is 5.82 Å². The van der Waals surface area contributed by atoms with Gasteiger partial charge in [-0.05, 0) is 26.0 Å². The Labute approximate surface area is 117 Å². The van der Waals surface area contributed by atoms with Crippen LogP contribution in [0.2, 0.25) is 0 Å². The van der Waals surface area contributed by atoms with E-state index in [1.165, 1.54) is 0 Å². The van der Waals surface area contributed by atoms with Gasteiger partial charge in [-0.3, -0.25) is 0 Å². The Balaban J connectivity index is 1.81. The minimum atomic E-state index is -0.0425. The lowest BCUT2D eigenvalue weighted by Gasteiger charge is -2.33. The first-order chi connectivity index (χ1) is 9.72. The van der Waals surface area contributed by atoms with E-state index in [0.29, 0.717) is 6.61 Å². The van der Waals surface area contributed by atoms with Crippen LogP contribution in [0.4, 0.5) is 5.82 Å². The van der Waals surface area contributed by atoms with Crippen molar-refractivity contribution < 1.29 is 4.74 Å². The molecule has 0 unspecified atom stereocenters. The van der Waals surface area contributed by atoms with E-state index >= 15 is 0 Å². The molecule has 1 fully saturated rings. The van der Waals surface area contributed by atoms with E-state index in [1.807, 2.05) is 26.0 Å². The third-order valence-corrected chi connectivity index (χ3v) is 3.27. The number of nitrogens with zero attached hydrogens (tertiary/aromatic N) is 5. The Morgan fingerprint density at radius 2 is 2.20 bits per heavy atom. The fraction of sp³-hybridized carbons (Fsp3) is 0.429. The summed E-state index contributed by atoms with van der Waals surface area (Å²) in [5.41, 5.74) is 1.91. The summed E-state index contributed by atoms with van der Waals surface area (Å²) in [6, 6.07) is 3.90. The smallest absolute Gasteiger partial charge is 0.132 e. The molecular weight excluding hydrogens is 254 g/mol. The molecule has 104 valence electrons. The molecule has 2 aromatic rings. The predicted molar refractivity (Wildman–Crippen MR) is 74.4 cm³/mol. The van der Waals surface area contributed by atoms with Crippen LogP contribution >= 0.6 is 0 Å². The molecule has 0 spiro atoms. The van der Waals surface area contributed by atoms with Gasteiger partial charge in [0.15, 0.2) is 0 Å². The van der Waals surface area contributed by atoms with E-state index in [2.05, 4.69) is 24.8 Å². The largest absolute Gasteiger partial charge is 0.368 e. The van der Waals surface area contributed by atoms with Crippen LogP contribution in [0, 0.1) is 13.8 Å². The molecule has 0 radical (unpaired) electrons. The van der Waals surface area contributed by atoms with Crippen molar-refractivity contribution in [3.8, 4) is 0 Å². The van der Waals surface area contributed by atoms with Gasteiger partial charge in [0.1, 0.15) is 24.1 Å². The number of morpholine rings is 1. The van der Waals surface area contributed by atoms with Crippen LogP contribution in [0.3, 0.4) is 0 Å². The summed E-state index contributed by atoms with van der Waals surface area (Å²) in [7, 11) is 0. The summed E-state index contributed by atoms with van der Waals surface area (Å²) in [4.78, 5) is 19.2. The average Bonchev–Trinajstić information content (AvgIpc) is 2.47. The molecule has 0 aromatic carbocycles. The van der Waals surface area contributed by atoms with Crippen molar-refractivity contribution in [1.29, 1.82) is 0 Å². The van der Waals surface area contributed by atoms with Crippen molar-refractivity contribution in [3.05, 3.63) is 41.9 Å². The van der Waals surface area contributed by atoms with Crippen LogP contribution in [-0.4, -0.2) is 39.6 Å². The van der Waals surface area contributed by atoms with E-state index in [4.69, 9.17) is 4.74 Å². The maximum absolute atomic E-state index is 5.85. The third-order valence-electron chi connectivity index (χ3n) is 3.27. The van der Waals surface area contributed by atoms with Crippen LogP contribution in [0.1, 0.15) is 23.3 Å². The summed E-state index contributed by atoms with van der Waals surface area (Å²) < 4.78 is 5.85. The van der Waals surface area contributed by atoms with Gasteiger partial charge in [-0.2, -0.15) is 0 Å². The molecule has 6 nitrogen and oxygen atoms in total. The van der Waals surface area contributed by atoms with Crippen molar-refractivity contribution in [2.45, 2.75) is 20.0 Å². The number of aromatic nitrogens is 4. The quantitative estimate of drug-likeness (QED) is 0.824. The van der Waals surface area contributed by atoms with E-state index in [9.17, 15) is 0 Å². The molecule has 20 heavy (non-hydrogen) atoms. The second-order valence-corrected chi connectivity index (χ2v) is 4.85. The van der Waals surface area contributed by atoms with Crippen LogP contribution < -0.4 is 4.90 Å². The highest BCUT2D eigenvalue weighted by Gasteiger charge is 2.24. The molecule has 0 aliphatic carbocycles. The Morgan fingerprint density at radius 3 is 2.95 bits per heavy atom. The van der Waals surface area contributed by atoms with Gasteiger partial charge < -0.3 is 9.64 Å². The molecule has 1 saturated heterocycles. The van der Waals surface area contributed by atoms with E-state index < -0.39 is 0 Å². The van der Waals surface area contributed by atoms with Crippen molar-refractivity contribution in [2.24, 2.45) is 0 Å². The van der Waals surface area contributed by atoms with E-state index in [1.54, 1.807) is 12.5 Å². The number of aryl methyl sites for hydroxylation is 2. The van der Waals surface area contributed by atoms with Gasteiger partial charge >= 0.3 is 0 Å². The van der Waals surface area contributed by atoms with Gasteiger partial charge in [0.2, 0.25) is 0 Å². The lowest BCUT2D eigenvalue weighted by molar-refractivity contribution is 0.0365. The molecule has 0 amide bonds. The Bertz CT molecular complexity index is 569. The first-order valence-electron chi connectivity index (χ1n) is 6.67. The lowest BCUT2D eigenvalue weighted by Crippen LogP contribution is -2.39. The molecule has 1 aliphatic heterocycles. The molecule has 0 N–H and O–H groups in total. The fourth-order valence-electron chi connectivity index (χ4n) is 2.42. The highest BCUT2D eigenvalue weighted by Crippen LogP contribution is 2.23. The minimum Gasteiger partial charge on any atom is -0.368 e. The van der Waals surface area contributed by atoms with Crippen LogP contribution in [-0.2, 0) is 4.74 Å². The molecule has 1 aliphatic rings. The number of rotatable bonds is 2. The van der Waals surface area contributed by atoms with Gasteiger partial charge in [-0.25, -0.2) is 19.9 Å². The summed E-state index contributed by atoms with van der Waals surface area (Å²) >= 11 is 0. The highest BCUT2D eigenvalue weighted by atomic mass is 16.5. The standard InChI is InChI=1S/C14H17N5O/c1-10-7-12(18-11(2)17-10)13-8-19(5-6-20-13)14-3-4-15-9-16-14/h3-4,7,9,13H,5-6,8H2,1-2H3/t13-/m0/s1. The first-order valence-corrected chi connectivity index (χ1v) is 6.67. The van der Waals surface area contributed by atoms with Gasteiger partial charge in [-0.15, -0.1) is 0 Å². The maximum Gasteiger partial charge on any atom is 0.132 e. The number of anilines is 1. The molecule has 0 bridgehead atoms. The highest BCUT2D eigenvalue weighted by molar-refractivity contribution is 5.37. The zero-order valence-corrected chi connectivity index (χ0v) is 11.7. The fourth-order valence-corrected chi connectivity index (χ4v) is 2.42. The zero-order valence-electron chi connectivity index (χ0n) is 11.7. The second-order valence-electron chi connectivity index (χ2n) is 4.85. The first kappa shape index (κ1) is 12.9. The van der Waals surface area contributed by atoms with Crippen LogP contribution in [0.25, 0.3) is 0 Å². The Kier molecular flexibility index (Phi) is 3.56. The monoisotopic (exact) mass is 271 g/mol. The number of ether oxygens (including phenoxy) is 1. The normalized spacial score (nSPS) is 19.1. The van der Waals surface area contributed by atoms with Crippen LogP contribution in [0.15, 0.2) is 24.7 Å².